The van der Waals surface area contributed by atoms with Gasteiger partial charge in [0.05, 0.1) is 19.9 Å². The van der Waals surface area contributed by atoms with Crippen LogP contribution in [-0.4, -0.2) is 22.4 Å². The number of halogens is 1. The molecular formula is C16H22FN3O. The van der Waals surface area contributed by atoms with Crippen LogP contribution in [0.25, 0.3) is 0 Å². The number of hydrogen-bond acceptors (Lipinski definition) is 3. The number of benzene rings is 1. The molecule has 0 radical (unpaired) electrons. The largest absolute Gasteiger partial charge is 0.494 e. The van der Waals surface area contributed by atoms with Crippen LogP contribution in [0.4, 0.5) is 4.39 Å². The van der Waals surface area contributed by atoms with Gasteiger partial charge in [-0.05, 0) is 38.5 Å². The third-order valence-electron chi connectivity index (χ3n) is 3.07. The summed E-state index contributed by atoms with van der Waals surface area (Å²) in [6.45, 7) is 7.67. The molecule has 0 bridgehead atoms. The Morgan fingerprint density at radius 2 is 2.05 bits per heavy atom. The van der Waals surface area contributed by atoms with E-state index in [9.17, 15) is 4.39 Å². The predicted octanol–water partition coefficient (Wildman–Crippen LogP) is 2.97. The number of ether oxygens (including phenoxy) is 1. The van der Waals surface area contributed by atoms with Crippen LogP contribution in [0.5, 0.6) is 5.75 Å². The minimum Gasteiger partial charge on any atom is -0.494 e. The van der Waals surface area contributed by atoms with Crippen LogP contribution in [-0.2, 0) is 13.1 Å². The molecule has 0 saturated carbocycles. The molecule has 0 unspecified atom stereocenters. The molecule has 0 saturated heterocycles. The summed E-state index contributed by atoms with van der Waals surface area (Å²) in [5.74, 6) is -0.0916. The number of rotatable bonds is 5. The Morgan fingerprint density at radius 1 is 1.29 bits per heavy atom. The summed E-state index contributed by atoms with van der Waals surface area (Å²) in [6, 6.07) is 4.96. The van der Waals surface area contributed by atoms with Gasteiger partial charge in [0.15, 0.2) is 11.6 Å². The van der Waals surface area contributed by atoms with E-state index in [0.29, 0.717) is 6.54 Å². The Bertz CT molecular complexity index is 602. The minimum absolute atomic E-state index is 0.0706. The van der Waals surface area contributed by atoms with Crippen molar-refractivity contribution in [3.05, 3.63) is 47.5 Å². The van der Waals surface area contributed by atoms with Gasteiger partial charge in [-0.15, -0.1) is 0 Å². The van der Waals surface area contributed by atoms with E-state index in [1.54, 1.807) is 10.7 Å². The Labute approximate surface area is 124 Å². The van der Waals surface area contributed by atoms with Gasteiger partial charge in [-0.2, -0.15) is 5.10 Å². The highest BCUT2D eigenvalue weighted by Gasteiger charge is 2.09. The third-order valence-corrected chi connectivity index (χ3v) is 3.07. The standard InChI is InChI=1S/C16H22FN3O/c1-16(2,3)18-8-13-9-19-20(11-13)10-12-5-6-15(21-4)14(17)7-12/h5-7,9,11,18H,8,10H2,1-4H3. The molecule has 0 fully saturated rings. The van der Waals surface area contributed by atoms with E-state index in [2.05, 4.69) is 31.2 Å². The molecule has 0 atom stereocenters. The minimum atomic E-state index is -0.350. The maximum atomic E-state index is 13.6. The van der Waals surface area contributed by atoms with Gasteiger partial charge in [0, 0.05) is 23.8 Å². The van der Waals surface area contributed by atoms with E-state index < -0.39 is 0 Å². The molecule has 4 nitrogen and oxygen atoms in total. The average molecular weight is 291 g/mol. The lowest BCUT2D eigenvalue weighted by atomic mass is 10.1. The SMILES string of the molecule is COc1ccc(Cn2cc(CNC(C)(C)C)cn2)cc1F. The number of nitrogens with one attached hydrogen (secondary N) is 1. The van der Waals surface area contributed by atoms with E-state index in [4.69, 9.17) is 4.74 Å². The molecule has 2 rings (SSSR count). The van der Waals surface area contributed by atoms with Crippen molar-refractivity contribution >= 4 is 0 Å². The summed E-state index contributed by atoms with van der Waals surface area (Å²) in [5, 5.41) is 7.72. The monoisotopic (exact) mass is 291 g/mol. The topological polar surface area (TPSA) is 39.1 Å². The number of hydrogen-bond donors (Lipinski definition) is 1. The summed E-state index contributed by atoms with van der Waals surface area (Å²) in [4.78, 5) is 0. The third kappa shape index (κ3) is 4.56. The molecule has 5 heteroatoms. The first-order valence-corrected chi connectivity index (χ1v) is 6.96. The summed E-state index contributed by atoms with van der Waals surface area (Å²) in [7, 11) is 1.46. The average Bonchev–Trinajstić information content (AvgIpc) is 2.83. The molecule has 1 N–H and O–H groups in total. The summed E-state index contributed by atoms with van der Waals surface area (Å²) in [6.07, 6.45) is 3.81. The molecule has 0 aliphatic rings. The van der Waals surface area contributed by atoms with Crippen LogP contribution in [0, 0.1) is 5.82 Å². The summed E-state index contributed by atoms with van der Waals surface area (Å²) < 4.78 is 20.4. The molecule has 1 aromatic heterocycles. The molecule has 2 aromatic rings. The van der Waals surface area contributed by atoms with Crippen molar-refractivity contribution in [1.82, 2.24) is 15.1 Å². The zero-order chi connectivity index (χ0) is 15.5. The normalized spacial score (nSPS) is 11.7. The lowest BCUT2D eigenvalue weighted by molar-refractivity contribution is 0.386. The van der Waals surface area contributed by atoms with Crippen molar-refractivity contribution in [2.45, 2.75) is 39.4 Å². The first kappa shape index (κ1) is 15.5. The van der Waals surface area contributed by atoms with Crippen LogP contribution in [0.3, 0.4) is 0 Å². The number of nitrogens with zero attached hydrogens (tertiary/aromatic N) is 2. The van der Waals surface area contributed by atoms with Gasteiger partial charge in [-0.3, -0.25) is 4.68 Å². The van der Waals surface area contributed by atoms with Gasteiger partial charge in [-0.25, -0.2) is 4.39 Å². The molecule has 1 heterocycles. The first-order valence-electron chi connectivity index (χ1n) is 6.96. The van der Waals surface area contributed by atoms with Crippen molar-refractivity contribution in [2.24, 2.45) is 0 Å². The fraction of sp³-hybridized carbons (Fsp3) is 0.438. The Hall–Kier alpha value is -1.88. The lowest BCUT2D eigenvalue weighted by Crippen LogP contribution is -2.34. The van der Waals surface area contributed by atoms with Crippen molar-refractivity contribution in [3.63, 3.8) is 0 Å². The van der Waals surface area contributed by atoms with Gasteiger partial charge >= 0.3 is 0 Å². The second-order valence-electron chi connectivity index (χ2n) is 6.12. The Balaban J connectivity index is 2.00. The van der Waals surface area contributed by atoms with Crippen LogP contribution >= 0.6 is 0 Å². The lowest BCUT2D eigenvalue weighted by Gasteiger charge is -2.19. The highest BCUT2D eigenvalue weighted by atomic mass is 19.1. The summed E-state index contributed by atoms with van der Waals surface area (Å²) >= 11 is 0. The molecule has 0 spiro atoms. The zero-order valence-electron chi connectivity index (χ0n) is 13.0. The van der Waals surface area contributed by atoms with Crippen molar-refractivity contribution < 1.29 is 9.13 Å². The molecular weight excluding hydrogens is 269 g/mol. The fourth-order valence-electron chi connectivity index (χ4n) is 1.95. The van der Waals surface area contributed by atoms with Gasteiger partial charge in [-0.1, -0.05) is 6.07 Å². The van der Waals surface area contributed by atoms with Gasteiger partial charge in [0.25, 0.3) is 0 Å². The van der Waals surface area contributed by atoms with Crippen LogP contribution in [0.2, 0.25) is 0 Å². The van der Waals surface area contributed by atoms with Crippen LogP contribution in [0.15, 0.2) is 30.6 Å². The molecule has 0 aliphatic heterocycles. The number of methoxy groups -OCH3 is 1. The van der Waals surface area contributed by atoms with E-state index in [0.717, 1.165) is 17.7 Å². The summed E-state index contributed by atoms with van der Waals surface area (Å²) in [5.41, 5.74) is 2.03. The zero-order valence-corrected chi connectivity index (χ0v) is 13.0. The predicted molar refractivity (Wildman–Crippen MR) is 80.9 cm³/mol. The van der Waals surface area contributed by atoms with Gasteiger partial charge in [0.2, 0.25) is 0 Å². The maximum Gasteiger partial charge on any atom is 0.165 e. The van der Waals surface area contributed by atoms with Crippen molar-refractivity contribution in [1.29, 1.82) is 0 Å². The quantitative estimate of drug-likeness (QED) is 0.920. The highest BCUT2D eigenvalue weighted by Crippen LogP contribution is 2.18. The van der Waals surface area contributed by atoms with Gasteiger partial charge in [0.1, 0.15) is 0 Å². The smallest absolute Gasteiger partial charge is 0.165 e. The van der Waals surface area contributed by atoms with E-state index in [1.165, 1.54) is 13.2 Å². The Kier molecular flexibility index (Phi) is 4.63. The second-order valence-corrected chi connectivity index (χ2v) is 6.12. The van der Waals surface area contributed by atoms with E-state index in [-0.39, 0.29) is 17.1 Å². The first-order chi connectivity index (χ1) is 9.87. The highest BCUT2D eigenvalue weighted by molar-refractivity contribution is 5.29. The second kappa shape index (κ2) is 6.26. The maximum absolute atomic E-state index is 13.6. The molecule has 0 aliphatic carbocycles. The van der Waals surface area contributed by atoms with Crippen LogP contribution < -0.4 is 10.1 Å². The van der Waals surface area contributed by atoms with E-state index in [1.807, 2.05) is 18.5 Å². The fourth-order valence-corrected chi connectivity index (χ4v) is 1.95. The Morgan fingerprint density at radius 3 is 2.67 bits per heavy atom. The van der Waals surface area contributed by atoms with Crippen molar-refractivity contribution in [3.8, 4) is 5.75 Å². The van der Waals surface area contributed by atoms with Gasteiger partial charge < -0.3 is 10.1 Å². The van der Waals surface area contributed by atoms with Crippen LogP contribution in [0.1, 0.15) is 31.9 Å². The molecule has 0 amide bonds. The molecule has 114 valence electrons. The molecule has 1 aromatic carbocycles. The van der Waals surface area contributed by atoms with Crippen molar-refractivity contribution in [2.75, 3.05) is 7.11 Å². The van der Waals surface area contributed by atoms with E-state index >= 15 is 0 Å². The molecule has 21 heavy (non-hydrogen) atoms. The number of aromatic nitrogens is 2.